The summed E-state index contributed by atoms with van der Waals surface area (Å²) in [7, 11) is 0. The summed E-state index contributed by atoms with van der Waals surface area (Å²) < 4.78 is 1.14. The Bertz CT molecular complexity index is 450. The van der Waals surface area contributed by atoms with Crippen molar-refractivity contribution in [1.29, 1.82) is 0 Å². The molecule has 0 saturated heterocycles. The Morgan fingerprint density at radius 3 is 2.64 bits per heavy atom. The van der Waals surface area contributed by atoms with Crippen LogP contribution >= 0.6 is 22.7 Å². The van der Waals surface area contributed by atoms with E-state index in [9.17, 15) is 4.79 Å². The van der Waals surface area contributed by atoms with Crippen molar-refractivity contribution < 1.29 is 4.79 Å². The summed E-state index contributed by atoms with van der Waals surface area (Å²) in [6, 6.07) is 1.95. The number of thiazole rings is 1. The third-order valence-electron chi connectivity index (χ3n) is 1.95. The maximum atomic E-state index is 11.1. The number of ketones is 1. The number of Topliss-reactive ketones (excluding diaryl/α,β-unsaturated/α-hetero) is 1. The van der Waals surface area contributed by atoms with Crippen LogP contribution in [0, 0.1) is 0 Å². The van der Waals surface area contributed by atoms with Crippen molar-refractivity contribution in [2.75, 3.05) is 0 Å². The lowest BCUT2D eigenvalue weighted by atomic mass is 10.2. The molecule has 74 valence electrons. The fraction of sp³-hybridized carbons (Fsp3) is 0.400. The monoisotopic (exact) mass is 225 g/mol. The van der Waals surface area contributed by atoms with Gasteiger partial charge in [0.2, 0.25) is 0 Å². The molecule has 2 aromatic rings. The summed E-state index contributed by atoms with van der Waals surface area (Å²) in [6.07, 6.45) is 0. The van der Waals surface area contributed by atoms with Gasteiger partial charge in [0.1, 0.15) is 4.83 Å². The number of hydrogen-bond acceptors (Lipinski definition) is 4. The molecular formula is C10H11NOS2. The van der Waals surface area contributed by atoms with Crippen LogP contribution in [0.5, 0.6) is 0 Å². The first-order valence-corrected chi connectivity index (χ1v) is 6.12. The Kier molecular flexibility index (Phi) is 2.41. The van der Waals surface area contributed by atoms with E-state index in [-0.39, 0.29) is 5.78 Å². The molecule has 0 bridgehead atoms. The molecule has 0 radical (unpaired) electrons. The van der Waals surface area contributed by atoms with Gasteiger partial charge in [-0.15, -0.1) is 22.7 Å². The number of hydrogen-bond donors (Lipinski definition) is 0. The fourth-order valence-corrected chi connectivity index (χ4v) is 3.29. The zero-order valence-corrected chi connectivity index (χ0v) is 9.96. The van der Waals surface area contributed by atoms with Gasteiger partial charge in [0.25, 0.3) is 0 Å². The lowest BCUT2D eigenvalue weighted by molar-refractivity contribution is 0.102. The summed E-state index contributed by atoms with van der Waals surface area (Å²) in [5, 5.41) is 1.15. The summed E-state index contributed by atoms with van der Waals surface area (Å²) in [6.45, 7) is 5.86. The lowest BCUT2D eigenvalue weighted by Gasteiger charge is -1.95. The predicted molar refractivity (Wildman–Crippen MR) is 61.6 cm³/mol. The Labute approximate surface area is 90.6 Å². The van der Waals surface area contributed by atoms with Crippen molar-refractivity contribution in [3.8, 4) is 0 Å². The van der Waals surface area contributed by atoms with Crippen molar-refractivity contribution in [1.82, 2.24) is 4.98 Å². The van der Waals surface area contributed by atoms with Crippen molar-refractivity contribution >= 4 is 38.0 Å². The molecule has 2 nitrogen and oxygen atoms in total. The molecule has 0 N–H and O–H groups in total. The SMILES string of the molecule is CC(=O)c1cc2sc(C(C)C)nc2s1. The summed E-state index contributed by atoms with van der Waals surface area (Å²) in [4.78, 5) is 17.4. The number of rotatable bonds is 2. The molecule has 2 heterocycles. The number of fused-ring (bicyclic) bond motifs is 1. The van der Waals surface area contributed by atoms with E-state index in [1.54, 1.807) is 18.3 Å². The largest absolute Gasteiger partial charge is 0.294 e. The van der Waals surface area contributed by atoms with Crippen molar-refractivity contribution in [2.45, 2.75) is 26.7 Å². The summed E-state index contributed by atoms with van der Waals surface area (Å²) in [5.74, 6) is 0.603. The Morgan fingerprint density at radius 1 is 1.43 bits per heavy atom. The number of nitrogens with zero attached hydrogens (tertiary/aromatic N) is 1. The predicted octanol–water partition coefficient (Wildman–Crippen LogP) is 3.68. The highest BCUT2D eigenvalue weighted by Crippen LogP contribution is 2.33. The van der Waals surface area contributed by atoms with Crippen molar-refractivity contribution in [3.63, 3.8) is 0 Å². The third-order valence-corrected chi connectivity index (χ3v) is 4.51. The van der Waals surface area contributed by atoms with Gasteiger partial charge in [0.15, 0.2) is 5.78 Å². The average molecular weight is 225 g/mol. The highest BCUT2D eigenvalue weighted by Gasteiger charge is 2.12. The van der Waals surface area contributed by atoms with Crippen LogP contribution in [0.15, 0.2) is 6.07 Å². The summed E-state index contributed by atoms with van der Waals surface area (Å²) in [5.41, 5.74) is 0. The van der Waals surface area contributed by atoms with Gasteiger partial charge in [-0.05, 0) is 13.0 Å². The minimum Gasteiger partial charge on any atom is -0.294 e. The van der Waals surface area contributed by atoms with E-state index in [4.69, 9.17) is 0 Å². The molecule has 0 unspecified atom stereocenters. The highest BCUT2D eigenvalue weighted by molar-refractivity contribution is 7.28. The number of aromatic nitrogens is 1. The van der Waals surface area contributed by atoms with Gasteiger partial charge < -0.3 is 0 Å². The quantitative estimate of drug-likeness (QED) is 0.730. The van der Waals surface area contributed by atoms with Crippen LogP contribution < -0.4 is 0 Å². The van der Waals surface area contributed by atoms with E-state index >= 15 is 0 Å². The average Bonchev–Trinajstić information content (AvgIpc) is 2.57. The third kappa shape index (κ3) is 1.60. The maximum absolute atomic E-state index is 11.1. The van der Waals surface area contributed by atoms with Gasteiger partial charge in [-0.25, -0.2) is 4.98 Å². The molecule has 2 rings (SSSR count). The minimum absolute atomic E-state index is 0.131. The van der Waals surface area contributed by atoms with Crippen LogP contribution in [0.1, 0.15) is 41.4 Å². The Hall–Kier alpha value is -0.740. The molecule has 0 aliphatic rings. The normalized spacial score (nSPS) is 11.4. The molecule has 0 saturated carbocycles. The first-order valence-electron chi connectivity index (χ1n) is 4.49. The van der Waals surface area contributed by atoms with Crippen LogP contribution in [0.4, 0.5) is 0 Å². The second-order valence-electron chi connectivity index (χ2n) is 3.54. The van der Waals surface area contributed by atoms with Crippen LogP contribution in [-0.2, 0) is 0 Å². The van der Waals surface area contributed by atoms with Gasteiger partial charge >= 0.3 is 0 Å². The maximum Gasteiger partial charge on any atom is 0.169 e. The molecular weight excluding hydrogens is 214 g/mol. The number of thiophene rings is 1. The molecule has 0 aromatic carbocycles. The molecule has 0 atom stereocenters. The smallest absolute Gasteiger partial charge is 0.169 e. The topological polar surface area (TPSA) is 30.0 Å². The van der Waals surface area contributed by atoms with E-state index < -0.39 is 0 Å². The summed E-state index contributed by atoms with van der Waals surface area (Å²) >= 11 is 3.18. The van der Waals surface area contributed by atoms with Gasteiger partial charge in [-0.3, -0.25) is 4.79 Å². The van der Waals surface area contributed by atoms with E-state index in [0.717, 1.165) is 19.4 Å². The first-order chi connectivity index (χ1) is 6.58. The molecule has 0 aliphatic carbocycles. The standard InChI is InChI=1S/C10H11NOS2/c1-5(2)9-11-10-8(14-9)4-7(13-10)6(3)12/h4-5H,1-3H3. The number of carbonyl (C=O) groups excluding carboxylic acids is 1. The molecule has 0 fully saturated rings. The van der Waals surface area contributed by atoms with Gasteiger partial charge in [-0.1, -0.05) is 13.8 Å². The highest BCUT2D eigenvalue weighted by atomic mass is 32.1. The molecule has 0 amide bonds. The van der Waals surface area contributed by atoms with Crippen molar-refractivity contribution in [3.05, 3.63) is 16.0 Å². The van der Waals surface area contributed by atoms with Gasteiger partial charge in [-0.2, -0.15) is 0 Å². The second-order valence-corrected chi connectivity index (χ2v) is 5.64. The first kappa shape index (κ1) is 9.80. The fourth-order valence-electron chi connectivity index (χ4n) is 1.17. The molecule has 4 heteroatoms. The molecule has 0 spiro atoms. The van der Waals surface area contributed by atoms with Gasteiger partial charge in [0.05, 0.1) is 14.6 Å². The number of carbonyl (C=O) groups is 1. The van der Waals surface area contributed by atoms with Crippen LogP contribution in [0.25, 0.3) is 9.53 Å². The molecule has 0 aliphatic heterocycles. The van der Waals surface area contributed by atoms with Crippen molar-refractivity contribution in [2.24, 2.45) is 0 Å². The lowest BCUT2D eigenvalue weighted by Crippen LogP contribution is -1.85. The zero-order valence-electron chi connectivity index (χ0n) is 8.33. The Morgan fingerprint density at radius 2 is 2.14 bits per heavy atom. The molecule has 14 heavy (non-hydrogen) atoms. The van der Waals surface area contributed by atoms with Crippen LogP contribution in [-0.4, -0.2) is 10.8 Å². The van der Waals surface area contributed by atoms with E-state index in [1.165, 1.54) is 11.3 Å². The zero-order chi connectivity index (χ0) is 10.3. The molecule has 2 aromatic heterocycles. The van der Waals surface area contributed by atoms with Crippen LogP contribution in [0.3, 0.4) is 0 Å². The van der Waals surface area contributed by atoms with Gasteiger partial charge in [0, 0.05) is 5.92 Å². The van der Waals surface area contributed by atoms with E-state index in [0.29, 0.717) is 5.92 Å². The Balaban J connectivity index is 2.50. The second kappa shape index (κ2) is 3.44. The van der Waals surface area contributed by atoms with E-state index in [2.05, 4.69) is 18.8 Å². The van der Waals surface area contributed by atoms with E-state index in [1.807, 2.05) is 6.07 Å². The van der Waals surface area contributed by atoms with Crippen LogP contribution in [0.2, 0.25) is 0 Å². The minimum atomic E-state index is 0.131.